The molecule has 11 heteroatoms. The summed E-state index contributed by atoms with van der Waals surface area (Å²) >= 11 is 0. The van der Waals surface area contributed by atoms with E-state index in [2.05, 4.69) is 25.9 Å². The van der Waals surface area contributed by atoms with E-state index in [0.29, 0.717) is 29.2 Å². The SMILES string of the molecule is N=C(Cc1cccc(NC(=O)Nc2cccc(C(F)(F)F)c2)c1)c1c(N)ncnc1NCc1ccccc1. The van der Waals surface area contributed by atoms with Crippen LogP contribution in [-0.2, 0) is 19.1 Å². The van der Waals surface area contributed by atoms with Crippen molar-refractivity contribution in [1.82, 2.24) is 9.97 Å². The fraction of sp³-hybridized carbons (Fsp3) is 0.111. The van der Waals surface area contributed by atoms with E-state index in [1.54, 1.807) is 24.3 Å². The van der Waals surface area contributed by atoms with Gasteiger partial charge in [-0.3, -0.25) is 0 Å². The van der Waals surface area contributed by atoms with Gasteiger partial charge >= 0.3 is 12.2 Å². The first-order valence-corrected chi connectivity index (χ1v) is 11.5. The molecule has 38 heavy (non-hydrogen) atoms. The molecule has 0 unspecified atom stereocenters. The lowest BCUT2D eigenvalue weighted by Gasteiger charge is -2.14. The van der Waals surface area contributed by atoms with Crippen LogP contribution >= 0.6 is 0 Å². The standard InChI is InChI=1S/C27H24F3N7O/c28-27(29,30)19-9-5-11-21(14-19)37-26(38)36-20-10-4-8-18(12-20)13-22(31)23-24(32)34-16-35-25(23)33-15-17-6-2-1-3-7-17/h1-12,14,16,31H,13,15H2,(H2,36,37,38)(H3,32,33,34,35). The van der Waals surface area contributed by atoms with Gasteiger partial charge in [-0.1, -0.05) is 48.5 Å². The summed E-state index contributed by atoms with van der Waals surface area (Å²) in [7, 11) is 0. The van der Waals surface area contributed by atoms with Gasteiger partial charge < -0.3 is 27.1 Å². The Hall–Kier alpha value is -4.93. The van der Waals surface area contributed by atoms with Crippen LogP contribution in [-0.4, -0.2) is 21.7 Å². The highest BCUT2D eigenvalue weighted by Crippen LogP contribution is 2.30. The molecule has 4 aromatic rings. The van der Waals surface area contributed by atoms with Crippen molar-refractivity contribution in [2.75, 3.05) is 21.7 Å². The Morgan fingerprint density at radius 2 is 1.53 bits per heavy atom. The number of carbonyl (C=O) groups excluding carboxylic acids is 1. The Morgan fingerprint density at radius 3 is 2.24 bits per heavy atom. The van der Waals surface area contributed by atoms with Gasteiger partial charge in [0.2, 0.25) is 0 Å². The number of rotatable bonds is 8. The minimum Gasteiger partial charge on any atom is -0.383 e. The second kappa shape index (κ2) is 11.4. The summed E-state index contributed by atoms with van der Waals surface area (Å²) in [5.74, 6) is 0.594. The fourth-order valence-corrected chi connectivity index (χ4v) is 3.73. The van der Waals surface area contributed by atoms with E-state index < -0.39 is 17.8 Å². The minimum atomic E-state index is -4.52. The first kappa shape index (κ1) is 26.1. The number of nitrogen functional groups attached to an aromatic ring is 1. The maximum absolute atomic E-state index is 12.9. The normalized spacial score (nSPS) is 11.0. The van der Waals surface area contributed by atoms with E-state index in [1.807, 2.05) is 30.3 Å². The van der Waals surface area contributed by atoms with Gasteiger partial charge in [0, 0.05) is 24.3 Å². The monoisotopic (exact) mass is 519 g/mol. The molecule has 0 aliphatic carbocycles. The van der Waals surface area contributed by atoms with Gasteiger partial charge in [-0.2, -0.15) is 13.2 Å². The molecule has 4 rings (SSSR count). The molecule has 194 valence electrons. The van der Waals surface area contributed by atoms with E-state index in [-0.39, 0.29) is 23.6 Å². The van der Waals surface area contributed by atoms with Crippen molar-refractivity contribution in [2.45, 2.75) is 19.1 Å². The molecule has 8 nitrogen and oxygen atoms in total. The average Bonchev–Trinajstić information content (AvgIpc) is 2.88. The molecule has 0 saturated heterocycles. The number of alkyl halides is 3. The maximum atomic E-state index is 12.9. The van der Waals surface area contributed by atoms with Gasteiger partial charge in [0.25, 0.3) is 0 Å². The molecule has 0 spiro atoms. The first-order chi connectivity index (χ1) is 18.2. The lowest BCUT2D eigenvalue weighted by molar-refractivity contribution is -0.137. The largest absolute Gasteiger partial charge is 0.416 e. The zero-order chi connectivity index (χ0) is 27.1. The number of urea groups is 1. The quantitative estimate of drug-likeness (QED) is 0.184. The first-order valence-electron chi connectivity index (χ1n) is 11.5. The topological polar surface area (TPSA) is 129 Å². The number of nitrogens with zero attached hydrogens (tertiary/aromatic N) is 2. The van der Waals surface area contributed by atoms with Crippen LogP contribution in [0.1, 0.15) is 22.3 Å². The predicted molar refractivity (Wildman–Crippen MR) is 141 cm³/mol. The highest BCUT2D eigenvalue weighted by molar-refractivity contribution is 6.07. The zero-order valence-corrected chi connectivity index (χ0v) is 20.0. The number of halogens is 3. The van der Waals surface area contributed by atoms with E-state index in [1.165, 1.54) is 18.5 Å². The third-order valence-corrected chi connectivity index (χ3v) is 5.49. The summed E-state index contributed by atoms with van der Waals surface area (Å²) in [5.41, 5.74) is 7.91. The summed E-state index contributed by atoms with van der Waals surface area (Å²) in [4.78, 5) is 20.7. The Labute approximate surface area is 216 Å². The number of aromatic nitrogens is 2. The summed E-state index contributed by atoms with van der Waals surface area (Å²) in [6.07, 6.45) is -3.02. The van der Waals surface area contributed by atoms with Crippen molar-refractivity contribution in [3.05, 3.63) is 107 Å². The third kappa shape index (κ3) is 6.84. The van der Waals surface area contributed by atoms with Crippen LogP contribution in [0.4, 0.5) is 41.0 Å². The molecule has 0 atom stereocenters. The molecule has 6 N–H and O–H groups in total. The van der Waals surface area contributed by atoms with Crippen molar-refractivity contribution in [3.63, 3.8) is 0 Å². The molecule has 0 saturated carbocycles. The van der Waals surface area contributed by atoms with Gasteiger partial charge in [0.15, 0.2) is 0 Å². The molecular formula is C27H24F3N7O. The molecule has 1 heterocycles. The van der Waals surface area contributed by atoms with Crippen molar-refractivity contribution in [2.24, 2.45) is 0 Å². The number of nitrogens with two attached hydrogens (primary N) is 1. The van der Waals surface area contributed by atoms with E-state index in [4.69, 9.17) is 11.1 Å². The van der Waals surface area contributed by atoms with Crippen LogP contribution < -0.4 is 21.7 Å². The van der Waals surface area contributed by atoms with Gasteiger partial charge in [0.1, 0.15) is 18.0 Å². The average molecular weight is 520 g/mol. The summed E-state index contributed by atoms with van der Waals surface area (Å²) < 4.78 is 38.8. The number of benzene rings is 3. The summed E-state index contributed by atoms with van der Waals surface area (Å²) in [5, 5.41) is 16.9. The second-order valence-electron chi connectivity index (χ2n) is 8.34. The smallest absolute Gasteiger partial charge is 0.383 e. The summed E-state index contributed by atoms with van der Waals surface area (Å²) in [6, 6.07) is 20.1. The van der Waals surface area contributed by atoms with Crippen molar-refractivity contribution in [3.8, 4) is 0 Å². The number of amides is 2. The number of carbonyl (C=O) groups is 1. The molecule has 0 radical (unpaired) electrons. The Morgan fingerprint density at radius 1 is 0.868 bits per heavy atom. The highest BCUT2D eigenvalue weighted by atomic mass is 19.4. The van der Waals surface area contributed by atoms with Crippen LogP contribution in [0.2, 0.25) is 0 Å². The van der Waals surface area contributed by atoms with E-state index >= 15 is 0 Å². The lowest BCUT2D eigenvalue weighted by atomic mass is 10.0. The van der Waals surface area contributed by atoms with E-state index in [0.717, 1.165) is 17.7 Å². The molecular weight excluding hydrogens is 495 g/mol. The molecule has 1 aromatic heterocycles. The Kier molecular flexibility index (Phi) is 7.86. The van der Waals surface area contributed by atoms with Crippen molar-refractivity contribution < 1.29 is 18.0 Å². The zero-order valence-electron chi connectivity index (χ0n) is 20.0. The molecule has 0 aliphatic heterocycles. The number of anilines is 4. The Bertz CT molecular complexity index is 1440. The van der Waals surface area contributed by atoms with Gasteiger partial charge in [0.05, 0.1) is 16.8 Å². The molecule has 0 fully saturated rings. The van der Waals surface area contributed by atoms with Crippen LogP contribution in [0.5, 0.6) is 0 Å². The molecule has 2 amide bonds. The Balaban J connectivity index is 1.43. The molecule has 0 bridgehead atoms. The fourth-order valence-electron chi connectivity index (χ4n) is 3.73. The van der Waals surface area contributed by atoms with Crippen LogP contribution in [0, 0.1) is 5.41 Å². The van der Waals surface area contributed by atoms with Gasteiger partial charge in [-0.05, 0) is 41.5 Å². The van der Waals surface area contributed by atoms with Crippen LogP contribution in [0.15, 0.2) is 85.2 Å². The van der Waals surface area contributed by atoms with Crippen LogP contribution in [0.25, 0.3) is 0 Å². The van der Waals surface area contributed by atoms with Gasteiger partial charge in [-0.15, -0.1) is 0 Å². The predicted octanol–water partition coefficient (Wildman–Crippen LogP) is 5.94. The summed E-state index contributed by atoms with van der Waals surface area (Å²) in [6.45, 7) is 0.484. The minimum absolute atomic E-state index is 0.00495. The number of nitrogens with one attached hydrogen (secondary N) is 4. The highest BCUT2D eigenvalue weighted by Gasteiger charge is 2.30. The van der Waals surface area contributed by atoms with Crippen molar-refractivity contribution >= 4 is 34.8 Å². The second-order valence-corrected chi connectivity index (χ2v) is 8.34. The lowest BCUT2D eigenvalue weighted by Crippen LogP contribution is -2.20. The maximum Gasteiger partial charge on any atom is 0.416 e. The number of hydrogen-bond donors (Lipinski definition) is 5. The molecule has 0 aliphatic rings. The third-order valence-electron chi connectivity index (χ3n) is 5.49. The van der Waals surface area contributed by atoms with Gasteiger partial charge in [-0.25, -0.2) is 14.8 Å². The van der Waals surface area contributed by atoms with Crippen molar-refractivity contribution in [1.29, 1.82) is 5.41 Å². The van der Waals surface area contributed by atoms with Crippen LogP contribution in [0.3, 0.4) is 0 Å². The molecule has 3 aromatic carbocycles. The van der Waals surface area contributed by atoms with E-state index in [9.17, 15) is 18.0 Å². The number of hydrogen-bond acceptors (Lipinski definition) is 6.